The van der Waals surface area contributed by atoms with E-state index >= 15 is 0 Å². The fraction of sp³-hybridized carbons (Fsp3) is 0.296. The Labute approximate surface area is 483 Å². The van der Waals surface area contributed by atoms with Crippen molar-refractivity contribution in [3.05, 3.63) is 193 Å². The molecule has 0 saturated heterocycles. The summed E-state index contributed by atoms with van der Waals surface area (Å²) < 4.78 is 10.7. The summed E-state index contributed by atoms with van der Waals surface area (Å²) in [6.07, 6.45) is 14.1. The van der Waals surface area contributed by atoms with Crippen molar-refractivity contribution in [2.24, 2.45) is 5.92 Å². The Morgan fingerprint density at radius 2 is 1.33 bits per heavy atom. The molecule has 1 unspecified atom stereocenters. The fourth-order valence-corrected chi connectivity index (χ4v) is 14.5. The van der Waals surface area contributed by atoms with Gasteiger partial charge in [0, 0.05) is 59.3 Å². The third-order valence-electron chi connectivity index (χ3n) is 16.9. The van der Waals surface area contributed by atoms with E-state index in [9.17, 15) is 0 Å². The van der Waals surface area contributed by atoms with Crippen molar-refractivity contribution in [1.29, 1.82) is 0 Å². The molecule has 79 heavy (non-hydrogen) atoms. The largest absolute Gasteiger partial charge is 0 e. The van der Waals surface area contributed by atoms with Crippen molar-refractivity contribution in [3.8, 4) is 50.6 Å². The molecule has 6 nitrogen and oxygen atoms in total. The summed E-state index contributed by atoms with van der Waals surface area (Å²) in [5, 5.41) is 3.06. The Morgan fingerprint density at radius 1 is 0.658 bits per heavy atom. The minimum absolute atomic E-state index is 0. The van der Waals surface area contributed by atoms with Crippen LogP contribution in [0.25, 0.3) is 94.6 Å². The van der Waals surface area contributed by atoms with E-state index in [4.69, 9.17) is 19.4 Å². The van der Waals surface area contributed by atoms with E-state index in [1.807, 2.05) is 13.0 Å². The van der Waals surface area contributed by atoms with Gasteiger partial charge in [0.05, 0.1) is 33.6 Å². The van der Waals surface area contributed by atoms with Crippen LogP contribution in [0.4, 0.5) is 0 Å². The van der Waals surface area contributed by atoms with Crippen LogP contribution in [0.5, 0.6) is 0 Å². The van der Waals surface area contributed by atoms with E-state index in [0.29, 0.717) is 17.5 Å². The molecule has 5 heterocycles. The zero-order valence-electron chi connectivity index (χ0n) is 47.1. The van der Waals surface area contributed by atoms with Gasteiger partial charge in [-0.15, -0.1) is 18.2 Å². The van der Waals surface area contributed by atoms with E-state index in [1.165, 1.54) is 73.3 Å². The van der Waals surface area contributed by atoms with Gasteiger partial charge in [-0.1, -0.05) is 112 Å². The van der Waals surface area contributed by atoms with Gasteiger partial charge in [-0.05, 0) is 96.3 Å². The normalized spacial score (nSPS) is 14.9. The molecule has 2 saturated carbocycles. The maximum Gasteiger partial charge on any atom is 0 e. The number of rotatable bonds is 9. The summed E-state index contributed by atoms with van der Waals surface area (Å²) >= 11 is -1.76. The first kappa shape index (κ1) is 54.4. The van der Waals surface area contributed by atoms with Gasteiger partial charge in [0.1, 0.15) is 0 Å². The molecule has 11 aromatic rings. The van der Waals surface area contributed by atoms with Crippen LogP contribution in [-0.4, -0.2) is 37.8 Å². The van der Waals surface area contributed by atoms with Gasteiger partial charge in [-0.3, -0.25) is 9.97 Å². The fourth-order valence-electron chi connectivity index (χ4n) is 12.3. The number of furan rings is 1. The molecule has 0 amide bonds. The summed E-state index contributed by atoms with van der Waals surface area (Å²) in [4.78, 5) is 20.4. The molecule has 2 fully saturated rings. The second-order valence-electron chi connectivity index (χ2n) is 24.3. The number of benzene rings is 6. The van der Waals surface area contributed by atoms with Crippen LogP contribution >= 0.6 is 0 Å². The van der Waals surface area contributed by atoms with Gasteiger partial charge in [0.15, 0.2) is 0 Å². The number of hydrogen-bond acceptors (Lipinski definition) is 5. The zero-order valence-corrected chi connectivity index (χ0v) is 51.6. The molecule has 401 valence electrons. The molecule has 0 N–H and O–H groups in total. The quantitative estimate of drug-likeness (QED) is 0.106. The molecule has 0 aliphatic heterocycles. The minimum atomic E-state index is -1.76. The van der Waals surface area contributed by atoms with E-state index < -0.39 is 13.3 Å². The maximum atomic E-state index is 6.87. The molecule has 6 aromatic carbocycles. The first-order valence-electron chi connectivity index (χ1n) is 28.6. The minimum Gasteiger partial charge on any atom is 0 e. The Morgan fingerprint density at radius 3 is 1.96 bits per heavy atom. The van der Waals surface area contributed by atoms with Crippen LogP contribution in [0, 0.1) is 25.0 Å². The molecule has 0 bridgehead atoms. The van der Waals surface area contributed by atoms with Crippen LogP contribution < -0.4 is 4.40 Å². The molecular weight excluding hydrogens is 1200 g/mol. The summed E-state index contributed by atoms with van der Waals surface area (Å²) in [7, 11) is 0. The standard InChI is InChI=1S/C51H45N4O.C20H26GeN.Ir/c1-31-23-24-39-44(52-31)27-28-45-47(39)55(46-41(34-17-8-6-9-18-34)29-36(51(3,4)5)30-42(46)35-19-10-7-11-20-35)49(53-45)40-22-14-21-37-38-25-26-43(54-50(38)56-48(37)40)32(2)33-15-12-13-16-33;1-21(2,3)19-13-14-20(22-15-19)18-11-9-17(10-12-18)16-7-5-4-6-8-16;/h6-11,14,17-21,23-30,32-33H,12-13,15-16H2,1-5H3;9-11,13-16H,4-8H2,1-3H3;/q2*-1;. The third-order valence-corrected chi connectivity index (χ3v) is 21.2. The maximum absolute atomic E-state index is 6.87. The summed E-state index contributed by atoms with van der Waals surface area (Å²) in [5.41, 5.74) is 17.4. The van der Waals surface area contributed by atoms with E-state index in [2.05, 4.69) is 218 Å². The van der Waals surface area contributed by atoms with Gasteiger partial charge in [-0.2, -0.15) is 0 Å². The van der Waals surface area contributed by atoms with Gasteiger partial charge in [0.2, 0.25) is 5.71 Å². The SMILES string of the molecule is Cc1ccc2c(ccc3nc(-c4[c-]ccc5c4oc4nc(C(C)C6CCCC6)ccc45)n(-c4c(-c5ccccc5)cc(C(C)(C)C)cc4-c4ccccc4)c32)n1.[CH3][Ge]([CH3])([CH3])[c]1ccc(-c2[c-]cc(C3CCCCC3)cc2)nc1.[Ir]. The molecule has 13 rings (SSSR count). The molecule has 0 spiro atoms. The molecule has 5 aromatic heterocycles. The number of aryl methyl sites for hydroxylation is 1. The average molecular weight is 1280 g/mol. The number of nitrogens with zero attached hydrogens (tertiary/aromatic N) is 5. The average Bonchev–Trinajstić information content (AvgIpc) is 4.33. The second kappa shape index (κ2) is 22.6. The molecule has 8 heteroatoms. The Bertz CT molecular complexity index is 3870. The van der Waals surface area contributed by atoms with Crippen molar-refractivity contribution in [1.82, 2.24) is 24.5 Å². The van der Waals surface area contributed by atoms with Crippen molar-refractivity contribution < 1.29 is 24.5 Å². The number of aromatic nitrogens is 5. The van der Waals surface area contributed by atoms with Crippen LogP contribution in [0.1, 0.15) is 120 Å². The topological polar surface area (TPSA) is 69.6 Å². The van der Waals surface area contributed by atoms with Crippen molar-refractivity contribution >= 4 is 61.7 Å². The zero-order chi connectivity index (χ0) is 53.7. The Kier molecular flexibility index (Phi) is 15.5. The predicted molar refractivity (Wildman–Crippen MR) is 328 cm³/mol. The predicted octanol–water partition coefficient (Wildman–Crippen LogP) is 18.7. The summed E-state index contributed by atoms with van der Waals surface area (Å²) in [6.45, 7) is 11.2. The van der Waals surface area contributed by atoms with Crippen LogP contribution in [0.2, 0.25) is 17.3 Å². The summed E-state index contributed by atoms with van der Waals surface area (Å²) in [5.74, 6) is 9.78. The number of pyridine rings is 3. The van der Waals surface area contributed by atoms with Crippen molar-refractivity contribution in [3.63, 3.8) is 0 Å². The molecular formula is C71H71GeIrN5O-2. The molecule has 2 aliphatic carbocycles. The molecule has 1 atom stereocenters. The van der Waals surface area contributed by atoms with Gasteiger partial charge in [-0.25, -0.2) is 4.98 Å². The van der Waals surface area contributed by atoms with Crippen LogP contribution in [-0.2, 0) is 25.5 Å². The van der Waals surface area contributed by atoms with Gasteiger partial charge >= 0.3 is 137 Å². The molecule has 1 radical (unpaired) electrons. The van der Waals surface area contributed by atoms with E-state index in [1.54, 1.807) is 0 Å². The van der Waals surface area contributed by atoms with Crippen molar-refractivity contribution in [2.45, 2.75) is 127 Å². The van der Waals surface area contributed by atoms with Gasteiger partial charge < -0.3 is 8.98 Å². The smallest absolute Gasteiger partial charge is 0 e. The van der Waals surface area contributed by atoms with Crippen LogP contribution in [0.3, 0.4) is 0 Å². The Balaban J connectivity index is 0.000000241. The number of hydrogen-bond donors (Lipinski definition) is 0. The van der Waals surface area contributed by atoms with Crippen LogP contribution in [0.15, 0.2) is 162 Å². The summed E-state index contributed by atoms with van der Waals surface area (Å²) in [6, 6.07) is 61.5. The number of fused-ring (bicyclic) bond motifs is 6. The molecule has 2 aliphatic rings. The third kappa shape index (κ3) is 11.0. The first-order chi connectivity index (χ1) is 37.8. The Hall–Kier alpha value is -6.51. The van der Waals surface area contributed by atoms with Crippen molar-refractivity contribution in [2.75, 3.05) is 0 Å². The van der Waals surface area contributed by atoms with E-state index in [-0.39, 0.29) is 25.5 Å². The number of imidazole rings is 1. The monoisotopic (exact) mass is 1280 g/mol. The van der Waals surface area contributed by atoms with Gasteiger partial charge in [0.25, 0.3) is 0 Å². The van der Waals surface area contributed by atoms with E-state index in [0.717, 1.165) is 106 Å². The second-order valence-corrected chi connectivity index (χ2v) is 35.0. The first-order valence-corrected chi connectivity index (χ1v) is 35.9.